The largest absolute Gasteiger partial charge is 0.493 e. The molecule has 3 aromatic carbocycles. The number of hydrogen-bond acceptors (Lipinski definition) is 5. The molecule has 1 aliphatic rings. The molecule has 0 atom stereocenters. The lowest BCUT2D eigenvalue weighted by Gasteiger charge is -2.15. The highest BCUT2D eigenvalue weighted by Gasteiger charge is 2.40. The van der Waals surface area contributed by atoms with Crippen molar-refractivity contribution in [1.29, 1.82) is 0 Å². The molecule has 156 valence electrons. The van der Waals surface area contributed by atoms with Crippen LogP contribution in [0.4, 0.5) is 11.4 Å². The minimum atomic E-state index is -0.414. The minimum absolute atomic E-state index is 0.212. The van der Waals surface area contributed by atoms with Gasteiger partial charge < -0.3 is 14.8 Å². The van der Waals surface area contributed by atoms with E-state index in [0.29, 0.717) is 28.4 Å². The molecule has 0 spiro atoms. The van der Waals surface area contributed by atoms with Gasteiger partial charge in [0.2, 0.25) is 0 Å². The summed E-state index contributed by atoms with van der Waals surface area (Å²) in [6, 6.07) is 21.7. The summed E-state index contributed by atoms with van der Waals surface area (Å²) >= 11 is 0. The molecule has 0 saturated heterocycles. The maximum atomic E-state index is 13.5. The van der Waals surface area contributed by atoms with Crippen molar-refractivity contribution in [3.8, 4) is 11.5 Å². The summed E-state index contributed by atoms with van der Waals surface area (Å²) < 4.78 is 10.7. The van der Waals surface area contributed by atoms with Gasteiger partial charge in [-0.25, -0.2) is 4.90 Å². The third-order valence-electron chi connectivity index (χ3n) is 5.09. The van der Waals surface area contributed by atoms with E-state index in [0.717, 1.165) is 5.56 Å². The molecule has 0 fully saturated rings. The SMILES string of the molecule is COc1ccc(C2=C(Nc3ccccc3)C(=O)N(c3ccc(C)cc3)C2=O)cc1OC. The molecule has 1 aliphatic heterocycles. The fourth-order valence-corrected chi connectivity index (χ4v) is 3.50. The molecule has 0 radical (unpaired) electrons. The summed E-state index contributed by atoms with van der Waals surface area (Å²) in [5.41, 5.74) is 3.31. The molecule has 1 heterocycles. The number of anilines is 2. The second-order valence-corrected chi connectivity index (χ2v) is 7.09. The van der Waals surface area contributed by atoms with Crippen molar-refractivity contribution in [3.63, 3.8) is 0 Å². The lowest BCUT2D eigenvalue weighted by Crippen LogP contribution is -2.32. The summed E-state index contributed by atoms with van der Waals surface area (Å²) in [6.07, 6.45) is 0. The van der Waals surface area contributed by atoms with Gasteiger partial charge in [0.25, 0.3) is 11.8 Å². The number of benzene rings is 3. The van der Waals surface area contributed by atoms with E-state index >= 15 is 0 Å². The number of para-hydroxylation sites is 1. The number of nitrogens with zero attached hydrogens (tertiary/aromatic N) is 1. The van der Waals surface area contributed by atoms with E-state index in [1.54, 1.807) is 37.4 Å². The number of carbonyl (C=O) groups is 2. The molecule has 0 aromatic heterocycles. The quantitative estimate of drug-likeness (QED) is 0.605. The zero-order chi connectivity index (χ0) is 22.0. The van der Waals surface area contributed by atoms with Gasteiger partial charge in [-0.15, -0.1) is 0 Å². The fourth-order valence-electron chi connectivity index (χ4n) is 3.50. The molecule has 31 heavy (non-hydrogen) atoms. The van der Waals surface area contributed by atoms with Gasteiger partial charge in [-0.2, -0.15) is 0 Å². The van der Waals surface area contributed by atoms with Gasteiger partial charge in [0, 0.05) is 5.69 Å². The number of aryl methyl sites for hydroxylation is 1. The minimum Gasteiger partial charge on any atom is -0.493 e. The second-order valence-electron chi connectivity index (χ2n) is 7.09. The first-order chi connectivity index (χ1) is 15.0. The van der Waals surface area contributed by atoms with E-state index in [1.807, 2.05) is 49.4 Å². The maximum Gasteiger partial charge on any atom is 0.282 e. The van der Waals surface area contributed by atoms with Crippen molar-refractivity contribution in [3.05, 3.63) is 89.6 Å². The normalized spacial score (nSPS) is 13.6. The molecule has 0 saturated carbocycles. The Morgan fingerprint density at radius 2 is 1.45 bits per heavy atom. The van der Waals surface area contributed by atoms with Crippen LogP contribution in [0.3, 0.4) is 0 Å². The zero-order valence-corrected chi connectivity index (χ0v) is 17.5. The number of nitrogens with one attached hydrogen (secondary N) is 1. The molecule has 4 rings (SSSR count). The van der Waals surface area contributed by atoms with Crippen molar-refractivity contribution in [2.75, 3.05) is 24.4 Å². The monoisotopic (exact) mass is 414 g/mol. The molecule has 1 N–H and O–H groups in total. The Balaban J connectivity index is 1.84. The summed E-state index contributed by atoms with van der Waals surface area (Å²) in [5.74, 6) is 0.194. The smallest absolute Gasteiger partial charge is 0.282 e. The van der Waals surface area contributed by atoms with Crippen LogP contribution in [0.25, 0.3) is 5.57 Å². The second kappa shape index (κ2) is 8.36. The van der Waals surface area contributed by atoms with Crippen LogP contribution < -0.4 is 19.7 Å². The molecule has 0 unspecified atom stereocenters. The van der Waals surface area contributed by atoms with Crippen LogP contribution in [0, 0.1) is 6.92 Å². The molecule has 0 bridgehead atoms. The number of methoxy groups -OCH3 is 2. The standard InChI is InChI=1S/C25H22N2O4/c1-16-9-12-19(13-10-16)27-24(28)22(17-11-14-20(30-2)21(15-17)31-3)23(25(27)29)26-18-7-5-4-6-8-18/h4-15,26H,1-3H3. The Kier molecular flexibility index (Phi) is 5.45. The third-order valence-corrected chi connectivity index (χ3v) is 5.09. The van der Waals surface area contributed by atoms with Crippen LogP contribution in [-0.4, -0.2) is 26.0 Å². The molecular formula is C25H22N2O4. The van der Waals surface area contributed by atoms with Crippen molar-refractivity contribution in [2.45, 2.75) is 6.92 Å². The predicted octanol–water partition coefficient (Wildman–Crippen LogP) is 4.41. The van der Waals surface area contributed by atoms with Gasteiger partial charge in [0.1, 0.15) is 5.70 Å². The number of carbonyl (C=O) groups excluding carboxylic acids is 2. The van der Waals surface area contributed by atoms with E-state index in [9.17, 15) is 9.59 Å². The Bertz CT molecular complexity index is 1170. The summed E-state index contributed by atoms with van der Waals surface area (Å²) in [6.45, 7) is 1.95. The van der Waals surface area contributed by atoms with Crippen LogP contribution in [0.5, 0.6) is 11.5 Å². The van der Waals surface area contributed by atoms with Gasteiger partial charge in [0.05, 0.1) is 25.5 Å². The van der Waals surface area contributed by atoms with Crippen LogP contribution in [-0.2, 0) is 9.59 Å². The maximum absolute atomic E-state index is 13.5. The summed E-state index contributed by atoms with van der Waals surface area (Å²) in [4.78, 5) is 28.1. The zero-order valence-electron chi connectivity index (χ0n) is 17.5. The lowest BCUT2D eigenvalue weighted by molar-refractivity contribution is -0.120. The van der Waals surface area contributed by atoms with Crippen LogP contribution >= 0.6 is 0 Å². The highest BCUT2D eigenvalue weighted by Crippen LogP contribution is 2.37. The van der Waals surface area contributed by atoms with Crippen molar-refractivity contribution in [1.82, 2.24) is 0 Å². The predicted molar refractivity (Wildman–Crippen MR) is 120 cm³/mol. The van der Waals surface area contributed by atoms with Crippen LogP contribution in [0.15, 0.2) is 78.5 Å². The molecule has 6 nitrogen and oxygen atoms in total. The Labute approximate surface area is 180 Å². The lowest BCUT2D eigenvalue weighted by atomic mass is 10.0. The topological polar surface area (TPSA) is 67.9 Å². The van der Waals surface area contributed by atoms with Crippen molar-refractivity contribution < 1.29 is 19.1 Å². The summed E-state index contributed by atoms with van der Waals surface area (Å²) in [7, 11) is 3.07. The van der Waals surface area contributed by atoms with E-state index in [4.69, 9.17) is 9.47 Å². The number of rotatable bonds is 6. The molecule has 6 heteroatoms. The fraction of sp³-hybridized carbons (Fsp3) is 0.120. The van der Waals surface area contributed by atoms with Crippen LogP contribution in [0.1, 0.15) is 11.1 Å². The van der Waals surface area contributed by atoms with Crippen LogP contribution in [0.2, 0.25) is 0 Å². The first-order valence-corrected chi connectivity index (χ1v) is 9.77. The first-order valence-electron chi connectivity index (χ1n) is 9.77. The Morgan fingerprint density at radius 1 is 0.774 bits per heavy atom. The van der Waals surface area contributed by atoms with Gasteiger partial charge >= 0.3 is 0 Å². The molecule has 3 aromatic rings. The van der Waals surface area contributed by atoms with Gasteiger partial charge in [0.15, 0.2) is 11.5 Å². The number of amides is 2. The highest BCUT2D eigenvalue weighted by atomic mass is 16.5. The number of imide groups is 1. The van der Waals surface area contributed by atoms with Crippen molar-refractivity contribution >= 4 is 28.8 Å². The Hall–Kier alpha value is -4.06. The molecular weight excluding hydrogens is 392 g/mol. The van der Waals surface area contributed by atoms with Crippen molar-refractivity contribution in [2.24, 2.45) is 0 Å². The van der Waals surface area contributed by atoms with Gasteiger partial charge in [-0.05, 0) is 48.9 Å². The molecule has 2 amide bonds. The average Bonchev–Trinajstić information content (AvgIpc) is 3.04. The average molecular weight is 414 g/mol. The number of hydrogen-bond donors (Lipinski definition) is 1. The molecule has 0 aliphatic carbocycles. The van der Waals surface area contributed by atoms with Gasteiger partial charge in [-0.1, -0.05) is 42.0 Å². The number of ether oxygens (including phenoxy) is 2. The third kappa shape index (κ3) is 3.75. The van der Waals surface area contributed by atoms with Gasteiger partial charge in [-0.3, -0.25) is 9.59 Å². The summed E-state index contributed by atoms with van der Waals surface area (Å²) in [5, 5.41) is 3.14. The Morgan fingerprint density at radius 3 is 2.10 bits per heavy atom. The highest BCUT2D eigenvalue weighted by molar-refractivity contribution is 6.46. The van der Waals surface area contributed by atoms with E-state index < -0.39 is 11.8 Å². The first kappa shape index (κ1) is 20.2. The van der Waals surface area contributed by atoms with E-state index in [-0.39, 0.29) is 11.3 Å². The van der Waals surface area contributed by atoms with E-state index in [2.05, 4.69) is 5.32 Å². The van der Waals surface area contributed by atoms with E-state index in [1.165, 1.54) is 12.0 Å².